The standard InChI is InChI=1S/C22H24ClN3O2/c1-15-7-8-19(23)12-20(15)26-22(28)18-11-17(13-24-14-18)21(27)25-10-9-16-5-3-2-4-6-16/h5,7-8,11-14H,2-4,6,9-10H2,1H3,(H,25,27)(H,26,28). The Labute approximate surface area is 170 Å². The number of aryl methyl sites for hydroxylation is 1. The van der Waals surface area contributed by atoms with Gasteiger partial charge in [-0.2, -0.15) is 0 Å². The molecule has 0 unspecified atom stereocenters. The highest BCUT2D eigenvalue weighted by molar-refractivity contribution is 6.31. The summed E-state index contributed by atoms with van der Waals surface area (Å²) < 4.78 is 0. The number of carbonyl (C=O) groups is 2. The Bertz CT molecular complexity index is 908. The number of hydrogen-bond acceptors (Lipinski definition) is 3. The maximum atomic E-state index is 12.5. The van der Waals surface area contributed by atoms with Gasteiger partial charge in [-0.05, 0) is 62.8 Å². The Morgan fingerprint density at radius 1 is 1.11 bits per heavy atom. The molecule has 5 nitrogen and oxygen atoms in total. The van der Waals surface area contributed by atoms with E-state index in [0.29, 0.717) is 28.4 Å². The fourth-order valence-electron chi connectivity index (χ4n) is 3.18. The molecule has 1 aromatic heterocycles. The zero-order valence-electron chi connectivity index (χ0n) is 15.9. The number of halogens is 1. The number of benzene rings is 1. The molecule has 0 bridgehead atoms. The first-order chi connectivity index (χ1) is 13.5. The molecule has 0 spiro atoms. The fraction of sp³-hybridized carbons (Fsp3) is 0.318. The summed E-state index contributed by atoms with van der Waals surface area (Å²) >= 11 is 6.00. The molecule has 0 radical (unpaired) electrons. The number of nitrogens with one attached hydrogen (secondary N) is 2. The SMILES string of the molecule is Cc1ccc(Cl)cc1NC(=O)c1cncc(C(=O)NCCC2=CCCCC2)c1. The van der Waals surface area contributed by atoms with Gasteiger partial charge in [-0.15, -0.1) is 0 Å². The summed E-state index contributed by atoms with van der Waals surface area (Å²) in [7, 11) is 0. The minimum atomic E-state index is -0.333. The summed E-state index contributed by atoms with van der Waals surface area (Å²) in [6.45, 7) is 2.47. The van der Waals surface area contributed by atoms with Crippen LogP contribution in [0.3, 0.4) is 0 Å². The third-order valence-electron chi connectivity index (χ3n) is 4.83. The van der Waals surface area contributed by atoms with Crippen molar-refractivity contribution in [3.63, 3.8) is 0 Å². The summed E-state index contributed by atoms with van der Waals surface area (Å²) in [5, 5.41) is 6.27. The molecule has 28 heavy (non-hydrogen) atoms. The number of rotatable bonds is 6. The van der Waals surface area contributed by atoms with E-state index in [4.69, 9.17) is 11.6 Å². The van der Waals surface area contributed by atoms with Gasteiger partial charge in [0.2, 0.25) is 0 Å². The second-order valence-corrected chi connectivity index (χ2v) is 7.43. The minimum Gasteiger partial charge on any atom is -0.352 e. The molecule has 1 heterocycles. The van der Waals surface area contributed by atoms with E-state index in [0.717, 1.165) is 24.8 Å². The molecule has 3 rings (SSSR count). The molecule has 146 valence electrons. The Morgan fingerprint density at radius 3 is 2.64 bits per heavy atom. The molecule has 0 saturated carbocycles. The van der Waals surface area contributed by atoms with Gasteiger partial charge in [-0.1, -0.05) is 29.3 Å². The number of aromatic nitrogens is 1. The van der Waals surface area contributed by atoms with Crippen LogP contribution in [-0.4, -0.2) is 23.3 Å². The van der Waals surface area contributed by atoms with E-state index in [9.17, 15) is 9.59 Å². The quantitative estimate of drug-likeness (QED) is 0.680. The maximum absolute atomic E-state index is 12.5. The van der Waals surface area contributed by atoms with Crippen LogP contribution in [0.5, 0.6) is 0 Å². The largest absolute Gasteiger partial charge is 0.352 e. The molecule has 2 N–H and O–H groups in total. The lowest BCUT2D eigenvalue weighted by molar-refractivity contribution is 0.0953. The van der Waals surface area contributed by atoms with Crippen LogP contribution in [-0.2, 0) is 0 Å². The molecule has 1 aliphatic rings. The maximum Gasteiger partial charge on any atom is 0.257 e. The predicted octanol–water partition coefficient (Wildman–Crippen LogP) is 4.92. The number of nitrogens with zero attached hydrogens (tertiary/aromatic N) is 1. The zero-order valence-corrected chi connectivity index (χ0v) is 16.7. The van der Waals surface area contributed by atoms with E-state index in [1.54, 1.807) is 18.2 Å². The molecule has 1 aromatic carbocycles. The number of carbonyl (C=O) groups excluding carboxylic acids is 2. The van der Waals surface area contributed by atoms with Crippen molar-refractivity contribution in [2.75, 3.05) is 11.9 Å². The van der Waals surface area contributed by atoms with Gasteiger partial charge < -0.3 is 10.6 Å². The van der Waals surface area contributed by atoms with Crippen LogP contribution >= 0.6 is 11.6 Å². The van der Waals surface area contributed by atoms with Crippen molar-refractivity contribution in [3.8, 4) is 0 Å². The van der Waals surface area contributed by atoms with E-state index in [2.05, 4.69) is 21.7 Å². The van der Waals surface area contributed by atoms with Gasteiger partial charge in [-0.3, -0.25) is 14.6 Å². The molecule has 0 saturated heterocycles. The van der Waals surface area contributed by atoms with Crippen molar-refractivity contribution in [2.24, 2.45) is 0 Å². The second kappa shape index (κ2) is 9.51. The van der Waals surface area contributed by atoms with E-state index in [1.165, 1.54) is 30.8 Å². The Kier molecular flexibility index (Phi) is 6.82. The molecule has 0 aliphatic heterocycles. The number of anilines is 1. The molecule has 2 amide bonds. The Balaban J connectivity index is 1.60. The summed E-state index contributed by atoms with van der Waals surface area (Å²) in [4.78, 5) is 29.0. The van der Waals surface area contributed by atoms with E-state index in [-0.39, 0.29) is 11.8 Å². The molecule has 0 atom stereocenters. The monoisotopic (exact) mass is 397 g/mol. The van der Waals surface area contributed by atoms with E-state index >= 15 is 0 Å². The first kappa shape index (κ1) is 20.1. The normalized spacial score (nSPS) is 13.6. The first-order valence-corrected chi connectivity index (χ1v) is 9.89. The third-order valence-corrected chi connectivity index (χ3v) is 5.06. The zero-order chi connectivity index (χ0) is 19.9. The lowest BCUT2D eigenvalue weighted by atomic mass is 9.97. The molecule has 6 heteroatoms. The van der Waals surface area contributed by atoms with Crippen LogP contribution in [0.4, 0.5) is 5.69 Å². The third kappa shape index (κ3) is 5.42. The Hall–Kier alpha value is -2.66. The number of pyridine rings is 1. The van der Waals surface area contributed by atoms with Crippen molar-refractivity contribution < 1.29 is 9.59 Å². The number of hydrogen-bond donors (Lipinski definition) is 2. The van der Waals surface area contributed by atoms with Gasteiger partial charge in [0, 0.05) is 29.6 Å². The van der Waals surface area contributed by atoms with Crippen molar-refractivity contribution in [3.05, 3.63) is 70.0 Å². The van der Waals surface area contributed by atoms with Crippen LogP contribution in [0.15, 0.2) is 48.3 Å². The van der Waals surface area contributed by atoms with Crippen molar-refractivity contribution in [2.45, 2.75) is 39.0 Å². The highest BCUT2D eigenvalue weighted by Crippen LogP contribution is 2.21. The highest BCUT2D eigenvalue weighted by atomic mass is 35.5. The lowest BCUT2D eigenvalue weighted by Gasteiger charge is -2.13. The fourth-order valence-corrected chi connectivity index (χ4v) is 3.35. The minimum absolute atomic E-state index is 0.225. The first-order valence-electron chi connectivity index (χ1n) is 9.51. The molecular weight excluding hydrogens is 374 g/mol. The predicted molar refractivity (Wildman–Crippen MR) is 112 cm³/mol. The topological polar surface area (TPSA) is 71.1 Å². The lowest BCUT2D eigenvalue weighted by Crippen LogP contribution is -2.25. The van der Waals surface area contributed by atoms with Crippen molar-refractivity contribution in [1.82, 2.24) is 10.3 Å². The molecule has 2 aromatic rings. The summed E-state index contributed by atoms with van der Waals surface area (Å²) in [5.74, 6) is -0.558. The smallest absolute Gasteiger partial charge is 0.257 e. The van der Waals surface area contributed by atoms with Crippen LogP contribution < -0.4 is 10.6 Å². The van der Waals surface area contributed by atoms with E-state index < -0.39 is 0 Å². The Morgan fingerprint density at radius 2 is 1.89 bits per heavy atom. The summed E-state index contributed by atoms with van der Waals surface area (Å²) in [5.41, 5.74) is 3.63. The summed E-state index contributed by atoms with van der Waals surface area (Å²) in [6.07, 6.45) is 10.8. The van der Waals surface area contributed by atoms with Gasteiger partial charge in [-0.25, -0.2) is 0 Å². The van der Waals surface area contributed by atoms with Gasteiger partial charge >= 0.3 is 0 Å². The average Bonchev–Trinajstić information content (AvgIpc) is 2.71. The van der Waals surface area contributed by atoms with Crippen molar-refractivity contribution >= 4 is 29.1 Å². The number of amides is 2. The van der Waals surface area contributed by atoms with Crippen LogP contribution in [0.1, 0.15) is 58.4 Å². The van der Waals surface area contributed by atoms with Crippen LogP contribution in [0.2, 0.25) is 5.02 Å². The molecule has 1 aliphatic carbocycles. The highest BCUT2D eigenvalue weighted by Gasteiger charge is 2.13. The van der Waals surface area contributed by atoms with Crippen LogP contribution in [0, 0.1) is 6.92 Å². The van der Waals surface area contributed by atoms with Gasteiger partial charge in [0.15, 0.2) is 0 Å². The van der Waals surface area contributed by atoms with Gasteiger partial charge in [0.05, 0.1) is 11.1 Å². The van der Waals surface area contributed by atoms with E-state index in [1.807, 2.05) is 13.0 Å². The van der Waals surface area contributed by atoms with Crippen molar-refractivity contribution in [1.29, 1.82) is 0 Å². The average molecular weight is 398 g/mol. The molecular formula is C22H24ClN3O2. The molecule has 0 fully saturated rings. The van der Waals surface area contributed by atoms with Gasteiger partial charge in [0.1, 0.15) is 0 Å². The summed E-state index contributed by atoms with van der Waals surface area (Å²) in [6, 6.07) is 6.85. The van der Waals surface area contributed by atoms with Gasteiger partial charge in [0.25, 0.3) is 11.8 Å². The number of allylic oxidation sites excluding steroid dienone is 1. The van der Waals surface area contributed by atoms with Crippen LogP contribution in [0.25, 0.3) is 0 Å². The second-order valence-electron chi connectivity index (χ2n) is 6.99.